The molecule has 0 unspecified atom stereocenters. The highest BCUT2D eigenvalue weighted by Crippen LogP contribution is 2.33. The molecule has 0 aliphatic heterocycles. The molecule has 0 amide bonds. The van der Waals surface area contributed by atoms with Gasteiger partial charge in [-0.1, -0.05) is 102 Å². The van der Waals surface area contributed by atoms with Gasteiger partial charge in [-0.2, -0.15) is 0 Å². The molecule has 0 saturated carbocycles. The third-order valence-corrected chi connectivity index (χ3v) is 12.1. The van der Waals surface area contributed by atoms with Crippen molar-refractivity contribution in [3.8, 4) is 46.0 Å². The summed E-state index contributed by atoms with van der Waals surface area (Å²) in [4.78, 5) is 24.9. The summed E-state index contributed by atoms with van der Waals surface area (Å²) < 4.78 is 44.1. The Labute approximate surface area is 452 Å². The van der Waals surface area contributed by atoms with Gasteiger partial charge in [0.2, 0.25) is 0 Å². The molecule has 7 rings (SSSR count). The van der Waals surface area contributed by atoms with E-state index in [1.807, 2.05) is 76.2 Å². The van der Waals surface area contributed by atoms with E-state index in [0.717, 1.165) is 79.4 Å². The minimum atomic E-state index is -0.478. The molecule has 10 nitrogen and oxygen atoms in total. The Hall–Kier alpha value is -7.72. The lowest BCUT2D eigenvalue weighted by atomic mass is 9.78. The first-order valence-corrected chi connectivity index (χ1v) is 26.9. The van der Waals surface area contributed by atoms with Crippen molar-refractivity contribution in [2.75, 3.05) is 39.6 Å². The predicted octanol–water partition coefficient (Wildman–Crippen LogP) is 16.1. The Morgan fingerprint density at radius 2 is 0.592 bits per heavy atom. The molecule has 0 N–H and O–H groups in total. The molecule has 7 aromatic rings. The molecule has 10 heteroatoms. The Balaban J connectivity index is 0.000000227. The van der Waals surface area contributed by atoms with Crippen molar-refractivity contribution in [2.45, 2.75) is 106 Å². The van der Waals surface area contributed by atoms with E-state index >= 15 is 0 Å². The van der Waals surface area contributed by atoms with Crippen molar-refractivity contribution < 1.29 is 47.5 Å². The van der Waals surface area contributed by atoms with Crippen molar-refractivity contribution in [3.05, 3.63) is 203 Å². The minimum Gasteiger partial charge on any atom is -0.494 e. The Kier molecular flexibility index (Phi) is 25.3. The number of ether oxygens (including phenoxy) is 8. The lowest BCUT2D eigenvalue weighted by molar-refractivity contribution is 0.0719. The van der Waals surface area contributed by atoms with E-state index < -0.39 is 11.9 Å². The van der Waals surface area contributed by atoms with Crippen LogP contribution in [0.1, 0.15) is 137 Å². The highest BCUT2D eigenvalue weighted by Gasteiger charge is 2.23. The molecule has 0 fully saturated rings. The van der Waals surface area contributed by atoms with E-state index in [4.69, 9.17) is 37.9 Å². The fourth-order valence-electron chi connectivity index (χ4n) is 7.78. The van der Waals surface area contributed by atoms with Gasteiger partial charge >= 0.3 is 11.9 Å². The molecule has 7 aromatic carbocycles. The summed E-state index contributed by atoms with van der Waals surface area (Å²) in [5.74, 6) is 4.89. The minimum absolute atomic E-state index is 0.0461. The molecule has 0 heterocycles. The Morgan fingerprint density at radius 1 is 0.329 bits per heavy atom. The van der Waals surface area contributed by atoms with Crippen LogP contribution in [0.2, 0.25) is 0 Å². The van der Waals surface area contributed by atoms with Gasteiger partial charge in [0, 0.05) is 5.41 Å². The zero-order valence-corrected chi connectivity index (χ0v) is 45.9. The average molecular weight is 1030 g/mol. The molecule has 0 spiro atoms. The highest BCUT2D eigenvalue weighted by molar-refractivity contribution is 5.92. The topological polar surface area (TPSA) is 108 Å². The van der Waals surface area contributed by atoms with Crippen LogP contribution in [0.25, 0.3) is 0 Å². The fourth-order valence-corrected chi connectivity index (χ4v) is 7.78. The summed E-state index contributed by atoms with van der Waals surface area (Å²) in [5.41, 5.74) is 5.91. The number of carbonyl (C=O) groups is 2. The van der Waals surface area contributed by atoms with Crippen molar-refractivity contribution in [2.24, 2.45) is 0 Å². The van der Waals surface area contributed by atoms with E-state index in [1.165, 1.54) is 22.3 Å². The second-order valence-corrected chi connectivity index (χ2v) is 18.3. The summed E-state index contributed by atoms with van der Waals surface area (Å²) in [6.07, 6.45) is 7.48. The number of hydrogen-bond acceptors (Lipinski definition) is 10. The van der Waals surface area contributed by atoms with Crippen LogP contribution in [0.5, 0.6) is 46.0 Å². The summed E-state index contributed by atoms with van der Waals surface area (Å²) >= 11 is 0. The second kappa shape index (κ2) is 32.6. The van der Waals surface area contributed by atoms with Crippen LogP contribution in [0, 0.1) is 0 Å². The largest absolute Gasteiger partial charge is 0.494 e. The summed E-state index contributed by atoms with van der Waals surface area (Å²) in [5, 5.41) is 0. The van der Waals surface area contributed by atoms with E-state index in [0.29, 0.717) is 62.3 Å². The zero-order chi connectivity index (χ0) is 54.4. The summed E-state index contributed by atoms with van der Waals surface area (Å²) in [6, 6.07) is 53.3. The molecule has 0 saturated heterocycles. The van der Waals surface area contributed by atoms with Gasteiger partial charge < -0.3 is 37.9 Å². The van der Waals surface area contributed by atoms with Crippen molar-refractivity contribution in [1.82, 2.24) is 0 Å². The average Bonchev–Trinajstić information content (AvgIpc) is 3.44. The molecule has 0 radical (unpaired) electrons. The molecule has 0 bridgehead atoms. The quantitative estimate of drug-likeness (QED) is 0.0296. The van der Waals surface area contributed by atoms with Gasteiger partial charge in [0.15, 0.2) is 0 Å². The van der Waals surface area contributed by atoms with E-state index in [1.54, 1.807) is 72.8 Å². The Morgan fingerprint density at radius 3 is 0.882 bits per heavy atom. The van der Waals surface area contributed by atoms with Gasteiger partial charge in [-0.3, -0.25) is 0 Å². The molecular formula is C66H78O10. The van der Waals surface area contributed by atoms with Crippen LogP contribution in [0.3, 0.4) is 0 Å². The molecular weight excluding hydrogens is 953 g/mol. The number of benzene rings is 7. The van der Waals surface area contributed by atoms with E-state index in [-0.39, 0.29) is 5.41 Å². The SMILES string of the molecule is CCCCCOc1ccc(C(=O)Oc2ccc(OC(=O)c3ccc(OCCCCC)cc3)cc2)cc1.CCOc1ccc(C(C)(C)c2ccc(OCC)cc2)cc1.CCOc1ccc(Cc2ccc(OCC)cc2)cc1. The molecule has 0 atom stereocenters. The van der Waals surface area contributed by atoms with E-state index in [2.05, 4.69) is 76.2 Å². The van der Waals surface area contributed by atoms with Gasteiger partial charge in [-0.15, -0.1) is 0 Å². The molecule has 402 valence electrons. The van der Waals surface area contributed by atoms with Gasteiger partial charge in [-0.05, 0) is 191 Å². The van der Waals surface area contributed by atoms with Crippen LogP contribution >= 0.6 is 0 Å². The van der Waals surface area contributed by atoms with Crippen molar-refractivity contribution >= 4 is 11.9 Å². The third-order valence-electron chi connectivity index (χ3n) is 12.1. The summed E-state index contributed by atoms with van der Waals surface area (Å²) in [6.45, 7) is 20.9. The van der Waals surface area contributed by atoms with E-state index in [9.17, 15) is 9.59 Å². The van der Waals surface area contributed by atoms with Crippen LogP contribution < -0.4 is 37.9 Å². The fraction of sp³-hybridized carbons (Fsp3) is 0.333. The van der Waals surface area contributed by atoms with Gasteiger partial charge in [0.05, 0.1) is 50.8 Å². The second-order valence-electron chi connectivity index (χ2n) is 18.3. The monoisotopic (exact) mass is 1030 g/mol. The number of unbranched alkanes of at least 4 members (excludes halogenated alkanes) is 4. The molecule has 0 aliphatic carbocycles. The first kappa shape index (κ1) is 59.2. The highest BCUT2D eigenvalue weighted by atomic mass is 16.5. The smallest absolute Gasteiger partial charge is 0.343 e. The lowest BCUT2D eigenvalue weighted by Gasteiger charge is -2.26. The maximum Gasteiger partial charge on any atom is 0.343 e. The van der Waals surface area contributed by atoms with Crippen LogP contribution in [-0.2, 0) is 11.8 Å². The van der Waals surface area contributed by atoms with Crippen molar-refractivity contribution in [1.29, 1.82) is 0 Å². The predicted molar refractivity (Wildman–Crippen MR) is 305 cm³/mol. The number of hydrogen-bond donors (Lipinski definition) is 0. The molecule has 0 aromatic heterocycles. The van der Waals surface area contributed by atoms with Crippen LogP contribution in [-0.4, -0.2) is 51.6 Å². The van der Waals surface area contributed by atoms with Gasteiger partial charge in [0.25, 0.3) is 0 Å². The first-order chi connectivity index (χ1) is 37.0. The zero-order valence-electron chi connectivity index (χ0n) is 45.9. The lowest BCUT2D eigenvalue weighted by Crippen LogP contribution is -2.18. The normalized spacial score (nSPS) is 10.6. The number of esters is 2. The van der Waals surface area contributed by atoms with Gasteiger partial charge in [0.1, 0.15) is 46.0 Å². The number of rotatable bonds is 26. The standard InChI is InChI=1S/C30H34O6.C19H24O2.C17H20O2/c1-3-5-7-21-33-25-13-9-23(10-14-25)29(31)35-27-17-19-28(20-18-27)36-30(32)24-11-15-26(16-12-24)34-22-8-6-4-2;1-5-20-17-11-7-15(8-12-17)19(3,4)16-9-13-18(14-10-16)21-6-2;1-3-18-16-9-5-14(6-10-16)13-15-7-11-17(12-8-15)19-4-2/h9-20H,3-8,21-22H2,1-2H3;7-14H,5-6H2,1-4H3;5-12H,3-4,13H2,1-2H3. The van der Waals surface area contributed by atoms with Crippen LogP contribution in [0.4, 0.5) is 0 Å². The summed E-state index contributed by atoms with van der Waals surface area (Å²) in [7, 11) is 0. The van der Waals surface area contributed by atoms with Crippen molar-refractivity contribution in [3.63, 3.8) is 0 Å². The van der Waals surface area contributed by atoms with Gasteiger partial charge in [-0.25, -0.2) is 9.59 Å². The molecule has 76 heavy (non-hydrogen) atoms. The maximum atomic E-state index is 12.4. The first-order valence-electron chi connectivity index (χ1n) is 26.9. The Bertz CT molecular complexity index is 2510. The third kappa shape index (κ3) is 20.2. The molecule has 0 aliphatic rings. The van der Waals surface area contributed by atoms with Crippen LogP contribution in [0.15, 0.2) is 170 Å². The number of carbonyl (C=O) groups excluding carboxylic acids is 2. The maximum absolute atomic E-state index is 12.4.